The molecule has 19 heavy (non-hydrogen) atoms. The van der Waals surface area contributed by atoms with Crippen LogP contribution in [0, 0.1) is 0 Å². The van der Waals surface area contributed by atoms with E-state index in [-0.39, 0.29) is 11.2 Å². The summed E-state index contributed by atoms with van der Waals surface area (Å²) in [6.07, 6.45) is 0.372. The van der Waals surface area contributed by atoms with Crippen LogP contribution in [-0.2, 0) is 11.8 Å². The molecule has 1 aromatic carbocycles. The molecule has 0 spiro atoms. The van der Waals surface area contributed by atoms with E-state index < -0.39 is 0 Å². The Hall–Kier alpha value is -1.00. The number of carbonyl (C=O) groups is 1. The highest BCUT2D eigenvalue weighted by atomic mass is 79.9. The Morgan fingerprint density at radius 3 is 2.68 bits per heavy atom. The molecule has 0 N–H and O–H groups in total. The Kier molecular flexibility index (Phi) is 4.21. The molecule has 0 aliphatic rings. The molecule has 4 heteroatoms. The molecule has 0 saturated heterocycles. The van der Waals surface area contributed by atoms with Crippen LogP contribution in [0.25, 0.3) is 0 Å². The van der Waals surface area contributed by atoms with Crippen LogP contribution in [0.15, 0.2) is 34.1 Å². The highest BCUT2D eigenvalue weighted by molar-refractivity contribution is 9.10. The third kappa shape index (κ3) is 3.74. The van der Waals surface area contributed by atoms with E-state index in [0.717, 1.165) is 20.7 Å². The van der Waals surface area contributed by atoms with Crippen molar-refractivity contribution in [1.82, 2.24) is 4.98 Å². The summed E-state index contributed by atoms with van der Waals surface area (Å²) in [5.74, 6) is 0.108. The van der Waals surface area contributed by atoms with Gasteiger partial charge < -0.3 is 0 Å². The molecule has 0 aliphatic carbocycles. The Morgan fingerprint density at radius 1 is 1.37 bits per heavy atom. The van der Waals surface area contributed by atoms with Gasteiger partial charge in [-0.2, -0.15) is 0 Å². The lowest BCUT2D eigenvalue weighted by atomic mass is 9.93. The van der Waals surface area contributed by atoms with Crippen molar-refractivity contribution < 1.29 is 4.79 Å². The number of nitrogens with zero attached hydrogens (tertiary/aromatic N) is 1. The van der Waals surface area contributed by atoms with Gasteiger partial charge in [-0.1, -0.05) is 48.8 Å². The van der Waals surface area contributed by atoms with Gasteiger partial charge in [0, 0.05) is 20.8 Å². The standard InChI is InChI=1S/C15H16BrNOS/c1-15(2,3)13-9-19-14(17-13)8-12(18)10-5-4-6-11(16)7-10/h4-7,9H,8H2,1-3H3. The fraction of sp³-hybridized carbons (Fsp3) is 0.333. The molecule has 1 heterocycles. The molecule has 0 fully saturated rings. The number of benzene rings is 1. The third-order valence-corrected chi connectivity index (χ3v) is 4.12. The van der Waals surface area contributed by atoms with Crippen LogP contribution in [0.1, 0.15) is 41.8 Å². The number of hydrogen-bond acceptors (Lipinski definition) is 3. The summed E-state index contributed by atoms with van der Waals surface area (Å²) >= 11 is 4.94. The molecule has 2 rings (SSSR count). The average Bonchev–Trinajstić information content (AvgIpc) is 2.77. The van der Waals surface area contributed by atoms with Gasteiger partial charge in [0.25, 0.3) is 0 Å². The molecule has 0 radical (unpaired) electrons. The molecule has 100 valence electrons. The van der Waals surface area contributed by atoms with Crippen molar-refractivity contribution in [2.75, 3.05) is 0 Å². The minimum absolute atomic E-state index is 0.0353. The molecular weight excluding hydrogens is 322 g/mol. The van der Waals surface area contributed by atoms with E-state index >= 15 is 0 Å². The van der Waals surface area contributed by atoms with Crippen LogP contribution in [0.2, 0.25) is 0 Å². The predicted octanol–water partition coefficient (Wildman–Crippen LogP) is 4.63. The largest absolute Gasteiger partial charge is 0.294 e. The van der Waals surface area contributed by atoms with Crippen LogP contribution < -0.4 is 0 Å². The maximum absolute atomic E-state index is 12.2. The topological polar surface area (TPSA) is 30.0 Å². The Morgan fingerprint density at radius 2 is 2.11 bits per heavy atom. The molecule has 0 aliphatic heterocycles. The van der Waals surface area contributed by atoms with Crippen molar-refractivity contribution in [2.45, 2.75) is 32.6 Å². The van der Waals surface area contributed by atoms with Crippen molar-refractivity contribution in [3.05, 3.63) is 50.4 Å². The molecule has 0 amide bonds. The second-order valence-corrected chi connectivity index (χ2v) is 7.35. The van der Waals surface area contributed by atoms with Crippen molar-refractivity contribution in [3.63, 3.8) is 0 Å². The first-order valence-corrected chi connectivity index (χ1v) is 7.77. The molecule has 0 unspecified atom stereocenters. The Bertz CT molecular complexity index is 598. The molecule has 0 saturated carbocycles. The van der Waals surface area contributed by atoms with Gasteiger partial charge in [-0.15, -0.1) is 11.3 Å². The zero-order valence-corrected chi connectivity index (χ0v) is 13.6. The van der Waals surface area contributed by atoms with E-state index in [1.165, 1.54) is 0 Å². The predicted molar refractivity (Wildman–Crippen MR) is 83.0 cm³/mol. The number of Topliss-reactive ketones (excluding diaryl/α,β-unsaturated/α-hetero) is 1. The lowest BCUT2D eigenvalue weighted by Crippen LogP contribution is -2.12. The first kappa shape index (κ1) is 14.4. The van der Waals surface area contributed by atoms with E-state index in [4.69, 9.17) is 0 Å². The van der Waals surface area contributed by atoms with Crippen LogP contribution in [0.5, 0.6) is 0 Å². The minimum Gasteiger partial charge on any atom is -0.294 e. The Balaban J connectivity index is 2.13. The van der Waals surface area contributed by atoms with E-state index in [0.29, 0.717) is 6.42 Å². The van der Waals surface area contributed by atoms with Crippen molar-refractivity contribution in [2.24, 2.45) is 0 Å². The van der Waals surface area contributed by atoms with E-state index in [1.807, 2.05) is 29.6 Å². The zero-order valence-electron chi connectivity index (χ0n) is 11.2. The third-order valence-electron chi connectivity index (χ3n) is 2.78. The normalized spacial score (nSPS) is 11.6. The fourth-order valence-electron chi connectivity index (χ4n) is 1.64. The number of hydrogen-bond donors (Lipinski definition) is 0. The number of rotatable bonds is 3. The van der Waals surface area contributed by atoms with E-state index in [1.54, 1.807) is 11.3 Å². The van der Waals surface area contributed by atoms with Crippen LogP contribution in [0.4, 0.5) is 0 Å². The first-order valence-electron chi connectivity index (χ1n) is 6.10. The second-order valence-electron chi connectivity index (χ2n) is 5.49. The summed E-state index contributed by atoms with van der Waals surface area (Å²) in [5.41, 5.74) is 1.81. The minimum atomic E-state index is 0.0353. The van der Waals surface area contributed by atoms with Gasteiger partial charge in [0.05, 0.1) is 12.1 Å². The van der Waals surface area contributed by atoms with Gasteiger partial charge in [0.2, 0.25) is 0 Å². The van der Waals surface area contributed by atoms with Crippen molar-refractivity contribution >= 4 is 33.0 Å². The van der Waals surface area contributed by atoms with Gasteiger partial charge in [0.15, 0.2) is 5.78 Å². The lowest BCUT2D eigenvalue weighted by molar-refractivity contribution is 0.0993. The van der Waals surface area contributed by atoms with E-state index in [9.17, 15) is 4.79 Å². The van der Waals surface area contributed by atoms with Gasteiger partial charge >= 0.3 is 0 Å². The van der Waals surface area contributed by atoms with E-state index in [2.05, 4.69) is 41.7 Å². The summed E-state index contributed by atoms with van der Waals surface area (Å²) in [4.78, 5) is 16.7. The van der Waals surface area contributed by atoms with Gasteiger partial charge in [-0.3, -0.25) is 4.79 Å². The monoisotopic (exact) mass is 337 g/mol. The summed E-state index contributed by atoms with van der Waals surface area (Å²) in [6.45, 7) is 6.38. The van der Waals surface area contributed by atoms with Crippen molar-refractivity contribution in [3.8, 4) is 0 Å². The SMILES string of the molecule is CC(C)(C)c1csc(CC(=O)c2cccc(Br)c2)n1. The molecule has 1 aromatic heterocycles. The summed E-state index contributed by atoms with van der Waals surface area (Å²) in [5, 5.41) is 2.93. The Labute approximate surface area is 126 Å². The van der Waals surface area contributed by atoms with Crippen LogP contribution in [0.3, 0.4) is 0 Å². The molecule has 2 aromatic rings. The van der Waals surface area contributed by atoms with Gasteiger partial charge in [0.1, 0.15) is 5.01 Å². The van der Waals surface area contributed by atoms with Crippen LogP contribution >= 0.6 is 27.3 Å². The summed E-state index contributed by atoms with van der Waals surface area (Å²) in [6, 6.07) is 7.48. The number of halogens is 1. The van der Waals surface area contributed by atoms with Crippen LogP contribution in [-0.4, -0.2) is 10.8 Å². The number of ketones is 1. The fourth-order valence-corrected chi connectivity index (χ4v) is 3.06. The second kappa shape index (κ2) is 5.55. The van der Waals surface area contributed by atoms with Crippen molar-refractivity contribution in [1.29, 1.82) is 0 Å². The summed E-state index contributed by atoms with van der Waals surface area (Å²) in [7, 11) is 0. The highest BCUT2D eigenvalue weighted by Gasteiger charge is 2.18. The maximum Gasteiger partial charge on any atom is 0.169 e. The molecular formula is C15H16BrNOS. The van der Waals surface area contributed by atoms with Gasteiger partial charge in [-0.25, -0.2) is 4.98 Å². The molecule has 0 bridgehead atoms. The van der Waals surface area contributed by atoms with Gasteiger partial charge in [-0.05, 0) is 12.1 Å². The molecule has 0 atom stereocenters. The number of carbonyl (C=O) groups excluding carboxylic acids is 1. The highest BCUT2D eigenvalue weighted by Crippen LogP contribution is 2.24. The lowest BCUT2D eigenvalue weighted by Gasteiger charge is -2.14. The quantitative estimate of drug-likeness (QED) is 0.764. The smallest absolute Gasteiger partial charge is 0.169 e. The maximum atomic E-state index is 12.2. The number of thiazole rings is 1. The summed E-state index contributed by atoms with van der Waals surface area (Å²) < 4.78 is 0.924. The number of aromatic nitrogens is 1. The average molecular weight is 338 g/mol. The molecule has 2 nitrogen and oxygen atoms in total. The zero-order chi connectivity index (χ0) is 14.0. The first-order chi connectivity index (χ1) is 8.86.